The molecule has 76 valence electrons. The topological polar surface area (TPSA) is 46.3 Å². The lowest BCUT2D eigenvalue weighted by Crippen LogP contribution is -2.44. The summed E-state index contributed by atoms with van der Waals surface area (Å²) in [5, 5.41) is 1.81. The van der Waals surface area contributed by atoms with E-state index in [4.69, 9.17) is 5.84 Å². The van der Waals surface area contributed by atoms with Gasteiger partial charge in [-0.1, -0.05) is 19.8 Å². The SMILES string of the molecule is CCCCC1(C=O)CCN(N)CC1. The minimum atomic E-state index is -0.0497. The summed E-state index contributed by atoms with van der Waals surface area (Å²) < 4.78 is 0. The molecule has 0 radical (unpaired) electrons. The zero-order valence-corrected chi connectivity index (χ0v) is 8.46. The first kappa shape index (κ1) is 10.7. The smallest absolute Gasteiger partial charge is 0.126 e. The first-order chi connectivity index (χ1) is 6.22. The fourth-order valence-corrected chi connectivity index (χ4v) is 1.92. The second-order valence-corrected chi connectivity index (χ2v) is 4.12. The van der Waals surface area contributed by atoms with E-state index in [9.17, 15) is 4.79 Å². The number of rotatable bonds is 4. The Hall–Kier alpha value is -0.410. The molecule has 1 heterocycles. The molecular formula is C10H20N2O. The van der Waals surface area contributed by atoms with Gasteiger partial charge in [-0.3, -0.25) is 5.84 Å². The number of hydrazine groups is 1. The Morgan fingerprint density at radius 2 is 2.08 bits per heavy atom. The van der Waals surface area contributed by atoms with E-state index in [-0.39, 0.29) is 5.41 Å². The van der Waals surface area contributed by atoms with Gasteiger partial charge < -0.3 is 4.79 Å². The molecule has 0 aromatic carbocycles. The number of aldehydes is 1. The van der Waals surface area contributed by atoms with Crippen LogP contribution in [0.25, 0.3) is 0 Å². The molecule has 13 heavy (non-hydrogen) atoms. The highest BCUT2D eigenvalue weighted by molar-refractivity contribution is 5.59. The molecule has 1 saturated heterocycles. The Labute approximate surface area is 80.2 Å². The monoisotopic (exact) mass is 184 g/mol. The molecule has 0 spiro atoms. The number of nitrogens with two attached hydrogens (primary N) is 1. The summed E-state index contributed by atoms with van der Waals surface area (Å²) in [5.41, 5.74) is -0.0497. The minimum absolute atomic E-state index is 0.0497. The third kappa shape index (κ3) is 2.78. The van der Waals surface area contributed by atoms with Crippen molar-refractivity contribution < 1.29 is 4.79 Å². The predicted octanol–water partition coefficient (Wildman–Crippen LogP) is 1.33. The van der Waals surface area contributed by atoms with Gasteiger partial charge >= 0.3 is 0 Å². The maximum atomic E-state index is 11.0. The highest BCUT2D eigenvalue weighted by Gasteiger charge is 2.32. The van der Waals surface area contributed by atoms with Crippen LogP contribution < -0.4 is 5.84 Å². The summed E-state index contributed by atoms with van der Waals surface area (Å²) in [5.74, 6) is 5.66. The molecule has 3 heteroatoms. The van der Waals surface area contributed by atoms with Crippen molar-refractivity contribution in [2.45, 2.75) is 39.0 Å². The van der Waals surface area contributed by atoms with E-state index in [1.54, 1.807) is 0 Å². The van der Waals surface area contributed by atoms with Gasteiger partial charge in [-0.2, -0.15) is 0 Å². The van der Waals surface area contributed by atoms with Gasteiger partial charge in [0, 0.05) is 18.5 Å². The second-order valence-electron chi connectivity index (χ2n) is 4.12. The fourth-order valence-electron chi connectivity index (χ4n) is 1.92. The van der Waals surface area contributed by atoms with Gasteiger partial charge in [0.1, 0.15) is 6.29 Å². The molecule has 0 aromatic rings. The van der Waals surface area contributed by atoms with Crippen LogP contribution in [0.15, 0.2) is 0 Å². The van der Waals surface area contributed by atoms with Crippen LogP contribution in [0.3, 0.4) is 0 Å². The van der Waals surface area contributed by atoms with Gasteiger partial charge in [0.15, 0.2) is 0 Å². The Morgan fingerprint density at radius 3 is 2.54 bits per heavy atom. The van der Waals surface area contributed by atoms with Crippen molar-refractivity contribution in [2.75, 3.05) is 13.1 Å². The lowest BCUT2D eigenvalue weighted by molar-refractivity contribution is -0.119. The maximum absolute atomic E-state index is 11.0. The van der Waals surface area contributed by atoms with Crippen molar-refractivity contribution in [3.63, 3.8) is 0 Å². The standard InChI is InChI=1S/C10H20N2O/c1-2-3-4-10(9-13)5-7-12(11)8-6-10/h9H,2-8,11H2,1H3. The zero-order valence-electron chi connectivity index (χ0n) is 8.46. The molecule has 0 aliphatic carbocycles. The van der Waals surface area contributed by atoms with Gasteiger partial charge in [-0.05, 0) is 19.3 Å². The van der Waals surface area contributed by atoms with E-state index in [0.717, 1.165) is 45.1 Å². The van der Waals surface area contributed by atoms with Crippen LogP contribution in [0.1, 0.15) is 39.0 Å². The van der Waals surface area contributed by atoms with Crippen LogP contribution in [-0.2, 0) is 4.79 Å². The number of carbonyl (C=O) groups is 1. The van der Waals surface area contributed by atoms with Gasteiger partial charge in [0.2, 0.25) is 0 Å². The average Bonchev–Trinajstić information content (AvgIpc) is 2.18. The molecule has 0 unspecified atom stereocenters. The predicted molar refractivity (Wildman–Crippen MR) is 53.0 cm³/mol. The van der Waals surface area contributed by atoms with Gasteiger partial charge in [0.25, 0.3) is 0 Å². The molecule has 1 rings (SSSR count). The number of carbonyl (C=O) groups excluding carboxylic acids is 1. The van der Waals surface area contributed by atoms with Crippen molar-refractivity contribution in [3.8, 4) is 0 Å². The summed E-state index contributed by atoms with van der Waals surface area (Å²) in [6.07, 6.45) is 6.40. The number of hydrogen-bond acceptors (Lipinski definition) is 3. The van der Waals surface area contributed by atoms with Crippen molar-refractivity contribution in [3.05, 3.63) is 0 Å². The molecule has 0 aromatic heterocycles. The number of piperidine rings is 1. The molecule has 3 nitrogen and oxygen atoms in total. The molecule has 1 aliphatic rings. The third-order valence-electron chi connectivity index (χ3n) is 3.07. The summed E-state index contributed by atoms with van der Waals surface area (Å²) in [6, 6.07) is 0. The van der Waals surface area contributed by atoms with Crippen molar-refractivity contribution >= 4 is 6.29 Å². The number of nitrogens with zero attached hydrogens (tertiary/aromatic N) is 1. The average molecular weight is 184 g/mol. The van der Waals surface area contributed by atoms with Crippen LogP contribution in [0.5, 0.6) is 0 Å². The normalized spacial score (nSPS) is 22.9. The molecule has 0 atom stereocenters. The third-order valence-corrected chi connectivity index (χ3v) is 3.07. The van der Waals surface area contributed by atoms with Crippen LogP contribution in [0, 0.1) is 5.41 Å². The molecular weight excluding hydrogens is 164 g/mol. The fraction of sp³-hybridized carbons (Fsp3) is 0.900. The van der Waals surface area contributed by atoms with Crippen LogP contribution >= 0.6 is 0 Å². The van der Waals surface area contributed by atoms with E-state index in [0.29, 0.717) is 0 Å². The number of unbranched alkanes of at least 4 members (excludes halogenated alkanes) is 1. The zero-order chi connectivity index (χ0) is 9.73. The van der Waals surface area contributed by atoms with Gasteiger partial charge in [-0.15, -0.1) is 0 Å². The lowest BCUT2D eigenvalue weighted by atomic mass is 9.76. The Kier molecular flexibility index (Phi) is 3.88. The van der Waals surface area contributed by atoms with Crippen LogP contribution in [-0.4, -0.2) is 24.4 Å². The summed E-state index contributed by atoms with van der Waals surface area (Å²) in [6.45, 7) is 3.89. The molecule has 2 N–H and O–H groups in total. The second kappa shape index (κ2) is 4.72. The van der Waals surface area contributed by atoms with Gasteiger partial charge in [0.05, 0.1) is 0 Å². The van der Waals surface area contributed by atoms with Crippen molar-refractivity contribution in [1.29, 1.82) is 0 Å². The van der Waals surface area contributed by atoms with Crippen molar-refractivity contribution in [1.82, 2.24) is 5.01 Å². The lowest BCUT2D eigenvalue weighted by Gasteiger charge is -2.36. The Balaban J connectivity index is 2.45. The Bertz CT molecular complexity index is 157. The molecule has 0 amide bonds. The highest BCUT2D eigenvalue weighted by Crippen LogP contribution is 2.33. The van der Waals surface area contributed by atoms with E-state index in [1.165, 1.54) is 6.42 Å². The highest BCUT2D eigenvalue weighted by atomic mass is 16.1. The van der Waals surface area contributed by atoms with E-state index < -0.39 is 0 Å². The van der Waals surface area contributed by atoms with E-state index >= 15 is 0 Å². The first-order valence-corrected chi connectivity index (χ1v) is 5.18. The van der Waals surface area contributed by atoms with E-state index in [2.05, 4.69) is 6.92 Å². The first-order valence-electron chi connectivity index (χ1n) is 5.18. The summed E-state index contributed by atoms with van der Waals surface area (Å²) in [7, 11) is 0. The number of hydrogen-bond donors (Lipinski definition) is 1. The molecule has 1 fully saturated rings. The summed E-state index contributed by atoms with van der Waals surface area (Å²) in [4.78, 5) is 11.0. The molecule has 0 saturated carbocycles. The largest absolute Gasteiger partial charge is 0.303 e. The van der Waals surface area contributed by atoms with E-state index in [1.807, 2.05) is 5.01 Å². The Morgan fingerprint density at radius 1 is 1.46 bits per heavy atom. The minimum Gasteiger partial charge on any atom is -0.303 e. The molecule has 1 aliphatic heterocycles. The van der Waals surface area contributed by atoms with Crippen LogP contribution in [0.2, 0.25) is 0 Å². The maximum Gasteiger partial charge on any atom is 0.126 e. The van der Waals surface area contributed by atoms with Crippen molar-refractivity contribution in [2.24, 2.45) is 11.3 Å². The molecule has 0 bridgehead atoms. The van der Waals surface area contributed by atoms with Gasteiger partial charge in [-0.25, -0.2) is 5.01 Å². The van der Waals surface area contributed by atoms with Crippen LogP contribution in [0.4, 0.5) is 0 Å². The summed E-state index contributed by atoms with van der Waals surface area (Å²) >= 11 is 0. The quantitative estimate of drug-likeness (QED) is 0.529.